The van der Waals surface area contributed by atoms with Crippen molar-refractivity contribution in [3.63, 3.8) is 0 Å². The number of nitrogens with zero attached hydrogens (tertiary/aromatic N) is 1. The molecule has 0 fully saturated rings. The summed E-state index contributed by atoms with van der Waals surface area (Å²) >= 11 is 3.46. The van der Waals surface area contributed by atoms with Crippen molar-refractivity contribution < 1.29 is 0 Å². The van der Waals surface area contributed by atoms with Gasteiger partial charge in [0.05, 0.1) is 0 Å². The van der Waals surface area contributed by atoms with Gasteiger partial charge in [-0.05, 0) is 35.9 Å². The normalized spacial score (nSPS) is 11.0. The second-order valence-corrected chi connectivity index (χ2v) is 4.41. The molecule has 1 heterocycles. The van der Waals surface area contributed by atoms with Gasteiger partial charge in [0, 0.05) is 24.1 Å². The fourth-order valence-corrected chi connectivity index (χ4v) is 2.01. The van der Waals surface area contributed by atoms with Gasteiger partial charge in [-0.1, -0.05) is 28.1 Å². The number of hydrogen-bond acceptors (Lipinski definition) is 0. The molecular weight excluding hydrogens is 238 g/mol. The Bertz CT molecular complexity index is 431. The number of benzene rings is 1. The first-order chi connectivity index (χ1) is 6.81. The monoisotopic (exact) mass is 251 g/mol. The Hall–Kier alpha value is -0.760. The fraction of sp³-hybridized carbons (Fsp3) is 0.333. The van der Waals surface area contributed by atoms with Gasteiger partial charge in [-0.25, -0.2) is 0 Å². The van der Waals surface area contributed by atoms with Crippen LogP contribution in [0.15, 0.2) is 30.5 Å². The molecule has 14 heavy (non-hydrogen) atoms. The summed E-state index contributed by atoms with van der Waals surface area (Å²) in [6.07, 6.45) is 4.47. The van der Waals surface area contributed by atoms with E-state index in [-0.39, 0.29) is 0 Å². The second-order valence-electron chi connectivity index (χ2n) is 3.61. The Morgan fingerprint density at radius 2 is 2.14 bits per heavy atom. The van der Waals surface area contributed by atoms with Gasteiger partial charge >= 0.3 is 0 Å². The molecule has 0 spiro atoms. The number of alkyl halides is 1. The molecule has 0 bridgehead atoms. The molecular formula is C12H14BrN. The molecule has 0 saturated heterocycles. The topological polar surface area (TPSA) is 4.93 Å². The molecule has 74 valence electrons. The number of halogens is 1. The van der Waals surface area contributed by atoms with Crippen LogP contribution in [-0.4, -0.2) is 9.90 Å². The summed E-state index contributed by atoms with van der Waals surface area (Å²) in [6.45, 7) is 0. The van der Waals surface area contributed by atoms with Crippen LogP contribution in [0.25, 0.3) is 10.9 Å². The molecule has 1 aromatic heterocycles. The molecule has 0 atom stereocenters. The molecule has 0 unspecified atom stereocenters. The molecule has 0 aliphatic carbocycles. The van der Waals surface area contributed by atoms with Crippen LogP contribution < -0.4 is 0 Å². The lowest BCUT2D eigenvalue weighted by Gasteiger charge is -2.01. The Morgan fingerprint density at radius 3 is 2.93 bits per heavy atom. The van der Waals surface area contributed by atoms with Gasteiger partial charge in [-0.3, -0.25) is 0 Å². The minimum atomic E-state index is 1.08. The first-order valence-corrected chi connectivity index (χ1v) is 6.03. The van der Waals surface area contributed by atoms with Crippen LogP contribution in [0.4, 0.5) is 0 Å². The van der Waals surface area contributed by atoms with Crippen molar-refractivity contribution in [3.05, 3.63) is 36.0 Å². The number of aromatic nitrogens is 1. The van der Waals surface area contributed by atoms with E-state index in [0.717, 1.165) is 11.8 Å². The van der Waals surface area contributed by atoms with Gasteiger partial charge in [0.25, 0.3) is 0 Å². The Morgan fingerprint density at radius 1 is 1.29 bits per heavy atom. The second kappa shape index (κ2) is 4.18. The van der Waals surface area contributed by atoms with E-state index in [2.05, 4.69) is 58.0 Å². The zero-order chi connectivity index (χ0) is 9.97. The molecule has 0 N–H and O–H groups in total. The van der Waals surface area contributed by atoms with Gasteiger partial charge in [0.2, 0.25) is 0 Å². The Kier molecular flexibility index (Phi) is 2.92. The third kappa shape index (κ3) is 1.85. The standard InChI is InChI=1S/C12H14BrN/c1-14-8-6-11-5-4-10(3-2-7-13)9-12(11)14/h4-6,8-9H,2-3,7H2,1H3. The maximum atomic E-state index is 3.46. The number of aryl methyl sites for hydroxylation is 2. The van der Waals surface area contributed by atoms with E-state index in [1.165, 1.54) is 22.9 Å². The lowest BCUT2D eigenvalue weighted by Crippen LogP contribution is -1.88. The van der Waals surface area contributed by atoms with Crippen molar-refractivity contribution in [2.24, 2.45) is 7.05 Å². The van der Waals surface area contributed by atoms with Crippen molar-refractivity contribution in [1.82, 2.24) is 4.57 Å². The van der Waals surface area contributed by atoms with E-state index < -0.39 is 0 Å². The van der Waals surface area contributed by atoms with Gasteiger partial charge < -0.3 is 4.57 Å². The predicted molar refractivity (Wildman–Crippen MR) is 65.0 cm³/mol. The van der Waals surface area contributed by atoms with Gasteiger partial charge in [-0.15, -0.1) is 0 Å². The molecule has 1 nitrogen and oxygen atoms in total. The largest absolute Gasteiger partial charge is 0.351 e. The fourth-order valence-electron chi connectivity index (χ4n) is 1.73. The summed E-state index contributed by atoms with van der Waals surface area (Å²) in [5.41, 5.74) is 2.76. The summed E-state index contributed by atoms with van der Waals surface area (Å²) < 4.78 is 2.17. The van der Waals surface area contributed by atoms with Gasteiger partial charge in [0.15, 0.2) is 0 Å². The third-order valence-corrected chi connectivity index (χ3v) is 3.11. The maximum Gasteiger partial charge on any atom is 0.0480 e. The third-order valence-electron chi connectivity index (χ3n) is 2.55. The van der Waals surface area contributed by atoms with E-state index in [9.17, 15) is 0 Å². The number of rotatable bonds is 3. The molecule has 2 aromatic rings. The van der Waals surface area contributed by atoms with Crippen molar-refractivity contribution in [1.29, 1.82) is 0 Å². The minimum Gasteiger partial charge on any atom is -0.351 e. The van der Waals surface area contributed by atoms with Crippen LogP contribution in [0.2, 0.25) is 0 Å². The van der Waals surface area contributed by atoms with Crippen LogP contribution >= 0.6 is 15.9 Å². The molecule has 2 rings (SSSR count). The SMILES string of the molecule is Cn1ccc2ccc(CCCBr)cc21. The molecule has 0 radical (unpaired) electrons. The number of hydrogen-bond donors (Lipinski definition) is 0. The van der Waals surface area contributed by atoms with E-state index in [1.807, 2.05) is 0 Å². The zero-order valence-corrected chi connectivity index (χ0v) is 9.92. The smallest absolute Gasteiger partial charge is 0.0480 e. The average Bonchev–Trinajstić information content (AvgIpc) is 2.57. The van der Waals surface area contributed by atoms with E-state index in [1.54, 1.807) is 0 Å². The zero-order valence-electron chi connectivity index (χ0n) is 8.33. The Labute approximate surface area is 92.9 Å². The van der Waals surface area contributed by atoms with Gasteiger partial charge in [-0.2, -0.15) is 0 Å². The van der Waals surface area contributed by atoms with E-state index in [0.29, 0.717) is 0 Å². The van der Waals surface area contributed by atoms with Crippen LogP contribution in [-0.2, 0) is 13.5 Å². The average molecular weight is 252 g/mol. The van der Waals surface area contributed by atoms with Crippen molar-refractivity contribution in [3.8, 4) is 0 Å². The highest BCUT2D eigenvalue weighted by Gasteiger charge is 1.99. The van der Waals surface area contributed by atoms with Crippen molar-refractivity contribution in [2.75, 3.05) is 5.33 Å². The molecule has 2 heteroatoms. The lowest BCUT2D eigenvalue weighted by atomic mass is 10.1. The first kappa shape index (κ1) is 9.78. The molecule has 0 aliphatic rings. The molecule has 0 aliphatic heterocycles. The molecule has 0 saturated carbocycles. The van der Waals surface area contributed by atoms with Crippen LogP contribution in [0.1, 0.15) is 12.0 Å². The highest BCUT2D eigenvalue weighted by molar-refractivity contribution is 9.09. The maximum absolute atomic E-state index is 3.46. The molecule has 0 amide bonds. The lowest BCUT2D eigenvalue weighted by molar-refractivity contribution is 0.933. The van der Waals surface area contributed by atoms with Crippen molar-refractivity contribution >= 4 is 26.8 Å². The van der Waals surface area contributed by atoms with Gasteiger partial charge in [0.1, 0.15) is 0 Å². The van der Waals surface area contributed by atoms with Crippen LogP contribution in [0, 0.1) is 0 Å². The highest BCUT2D eigenvalue weighted by atomic mass is 79.9. The predicted octanol–water partition coefficient (Wildman–Crippen LogP) is 3.51. The quantitative estimate of drug-likeness (QED) is 0.737. The number of fused-ring (bicyclic) bond motifs is 1. The van der Waals surface area contributed by atoms with Crippen LogP contribution in [0.5, 0.6) is 0 Å². The van der Waals surface area contributed by atoms with E-state index in [4.69, 9.17) is 0 Å². The van der Waals surface area contributed by atoms with E-state index >= 15 is 0 Å². The summed E-state index contributed by atoms with van der Waals surface area (Å²) in [6, 6.07) is 8.88. The summed E-state index contributed by atoms with van der Waals surface area (Å²) in [4.78, 5) is 0. The van der Waals surface area contributed by atoms with Crippen LogP contribution in [0.3, 0.4) is 0 Å². The highest BCUT2D eigenvalue weighted by Crippen LogP contribution is 2.17. The summed E-state index contributed by atoms with van der Waals surface area (Å²) in [7, 11) is 2.09. The Balaban J connectivity index is 2.34. The minimum absolute atomic E-state index is 1.08. The first-order valence-electron chi connectivity index (χ1n) is 4.91. The summed E-state index contributed by atoms with van der Waals surface area (Å²) in [5.74, 6) is 0. The molecule has 1 aromatic carbocycles. The summed E-state index contributed by atoms with van der Waals surface area (Å²) in [5, 5.41) is 2.41. The van der Waals surface area contributed by atoms with Crippen molar-refractivity contribution in [2.45, 2.75) is 12.8 Å².